The Balaban J connectivity index is 2.70. The Morgan fingerprint density at radius 3 is 2.37 bits per heavy atom. The first kappa shape index (κ1) is 15.5. The molecule has 1 aromatic rings. The van der Waals surface area contributed by atoms with Gasteiger partial charge in [0.05, 0.1) is 6.61 Å². The minimum atomic E-state index is -0.784. The number of benzene rings is 1. The molecule has 0 heterocycles. The minimum Gasteiger partial charge on any atom is -0.494 e. The van der Waals surface area contributed by atoms with Crippen molar-refractivity contribution in [1.29, 1.82) is 0 Å². The molecule has 0 radical (unpaired) electrons. The van der Waals surface area contributed by atoms with E-state index in [1.807, 2.05) is 38.1 Å². The Morgan fingerprint density at radius 2 is 1.89 bits per heavy atom. The first-order valence-corrected chi connectivity index (χ1v) is 6.65. The highest BCUT2D eigenvalue weighted by molar-refractivity contribution is 5.97. The minimum absolute atomic E-state index is 0.124. The summed E-state index contributed by atoms with van der Waals surface area (Å²) >= 11 is 0. The lowest BCUT2D eigenvalue weighted by Gasteiger charge is -2.26. The highest BCUT2D eigenvalue weighted by Gasteiger charge is 2.31. The Hall–Kier alpha value is -1.55. The zero-order valence-corrected chi connectivity index (χ0v) is 12.2. The number of methoxy groups -OCH3 is 1. The molecule has 4 heteroatoms. The van der Waals surface area contributed by atoms with Gasteiger partial charge in [-0.25, -0.2) is 0 Å². The number of carbonyl (C=O) groups excluding carboxylic acids is 1. The summed E-state index contributed by atoms with van der Waals surface area (Å²) in [6.45, 7) is 6.40. The van der Waals surface area contributed by atoms with Gasteiger partial charge in [-0.15, -0.1) is 0 Å². The highest BCUT2D eigenvalue weighted by atomic mass is 16.5. The molecule has 1 atom stereocenters. The van der Waals surface area contributed by atoms with Crippen molar-refractivity contribution in [3.05, 3.63) is 24.3 Å². The monoisotopic (exact) mass is 265 g/mol. The van der Waals surface area contributed by atoms with Crippen LogP contribution in [-0.4, -0.2) is 25.2 Å². The van der Waals surface area contributed by atoms with Gasteiger partial charge in [0.1, 0.15) is 11.4 Å². The molecule has 0 aliphatic rings. The molecule has 1 aromatic carbocycles. The van der Waals surface area contributed by atoms with Crippen molar-refractivity contribution < 1.29 is 14.3 Å². The van der Waals surface area contributed by atoms with Crippen LogP contribution in [0.15, 0.2) is 24.3 Å². The molecular weight excluding hydrogens is 242 g/mol. The molecule has 0 spiro atoms. The summed E-state index contributed by atoms with van der Waals surface area (Å²) in [6.07, 6.45) is 1.58. The van der Waals surface area contributed by atoms with Crippen LogP contribution in [0.3, 0.4) is 0 Å². The number of nitrogens with one attached hydrogen (secondary N) is 1. The molecule has 1 amide bonds. The summed E-state index contributed by atoms with van der Waals surface area (Å²) in [7, 11) is 1.56. The number of hydrogen-bond donors (Lipinski definition) is 1. The number of carbonyl (C=O) groups is 1. The maximum atomic E-state index is 12.2. The molecule has 0 saturated carbocycles. The lowest BCUT2D eigenvalue weighted by molar-refractivity contribution is -0.136. The van der Waals surface area contributed by atoms with E-state index in [4.69, 9.17) is 9.47 Å². The Morgan fingerprint density at radius 1 is 1.26 bits per heavy atom. The third kappa shape index (κ3) is 4.24. The van der Waals surface area contributed by atoms with Gasteiger partial charge in [0.2, 0.25) is 0 Å². The van der Waals surface area contributed by atoms with Gasteiger partial charge >= 0.3 is 0 Å². The predicted molar refractivity (Wildman–Crippen MR) is 76.6 cm³/mol. The van der Waals surface area contributed by atoms with E-state index in [2.05, 4.69) is 5.32 Å². The van der Waals surface area contributed by atoms with Crippen molar-refractivity contribution in [2.75, 3.05) is 19.0 Å². The van der Waals surface area contributed by atoms with Crippen LogP contribution in [0.25, 0.3) is 0 Å². The van der Waals surface area contributed by atoms with Gasteiger partial charge in [-0.3, -0.25) is 4.79 Å². The van der Waals surface area contributed by atoms with Crippen LogP contribution in [0.2, 0.25) is 0 Å². The fraction of sp³-hybridized carbons (Fsp3) is 0.533. The molecule has 19 heavy (non-hydrogen) atoms. The molecule has 0 fully saturated rings. The van der Waals surface area contributed by atoms with Crippen LogP contribution in [-0.2, 0) is 9.53 Å². The normalized spacial score (nSPS) is 13.7. The lowest BCUT2D eigenvalue weighted by Crippen LogP contribution is -2.41. The van der Waals surface area contributed by atoms with Crippen molar-refractivity contribution in [2.45, 2.75) is 39.2 Å². The van der Waals surface area contributed by atoms with Crippen LogP contribution < -0.4 is 10.1 Å². The summed E-state index contributed by atoms with van der Waals surface area (Å²) < 4.78 is 10.7. The van der Waals surface area contributed by atoms with Crippen molar-refractivity contribution in [2.24, 2.45) is 0 Å². The largest absolute Gasteiger partial charge is 0.494 e. The van der Waals surface area contributed by atoms with Crippen molar-refractivity contribution in [3.8, 4) is 5.75 Å². The van der Waals surface area contributed by atoms with E-state index >= 15 is 0 Å². The van der Waals surface area contributed by atoms with Gasteiger partial charge in [-0.05, 0) is 44.5 Å². The zero-order valence-electron chi connectivity index (χ0n) is 12.2. The van der Waals surface area contributed by atoms with E-state index in [1.54, 1.807) is 14.0 Å². The summed E-state index contributed by atoms with van der Waals surface area (Å²) in [5.41, 5.74) is -0.0410. The van der Waals surface area contributed by atoms with Crippen molar-refractivity contribution >= 4 is 11.6 Å². The quantitative estimate of drug-likeness (QED) is 0.823. The molecule has 4 nitrogen and oxygen atoms in total. The summed E-state index contributed by atoms with van der Waals surface area (Å²) in [4.78, 5) is 12.2. The Labute approximate surface area is 115 Å². The van der Waals surface area contributed by atoms with Crippen LogP contribution in [0.5, 0.6) is 5.75 Å². The van der Waals surface area contributed by atoms with Gasteiger partial charge < -0.3 is 14.8 Å². The summed E-state index contributed by atoms with van der Waals surface area (Å²) in [5, 5.41) is 2.87. The van der Waals surface area contributed by atoms with Crippen molar-refractivity contribution in [1.82, 2.24) is 0 Å². The smallest absolute Gasteiger partial charge is 0.256 e. The average Bonchev–Trinajstić information content (AvgIpc) is 2.41. The highest BCUT2D eigenvalue weighted by Crippen LogP contribution is 2.21. The second kappa shape index (κ2) is 7.14. The second-order valence-corrected chi connectivity index (χ2v) is 4.60. The van der Waals surface area contributed by atoms with E-state index in [0.29, 0.717) is 13.0 Å². The first-order chi connectivity index (χ1) is 9.05. The third-order valence-corrected chi connectivity index (χ3v) is 3.08. The summed E-state index contributed by atoms with van der Waals surface area (Å²) in [5.74, 6) is 0.671. The number of hydrogen-bond acceptors (Lipinski definition) is 3. The standard InChI is InChI=1S/C15H23NO3/c1-5-11-15(3,18-4)14(17)16-12-7-9-13(10-8-12)19-6-2/h7-10H,5-6,11H2,1-4H3,(H,16,17). The SMILES string of the molecule is CCCC(C)(OC)C(=O)Nc1ccc(OCC)cc1. The fourth-order valence-corrected chi connectivity index (χ4v) is 1.85. The maximum absolute atomic E-state index is 12.2. The fourth-order valence-electron chi connectivity index (χ4n) is 1.85. The average molecular weight is 265 g/mol. The molecule has 0 aromatic heterocycles. The van der Waals surface area contributed by atoms with Crippen LogP contribution in [0.1, 0.15) is 33.6 Å². The molecule has 1 rings (SSSR count). The second-order valence-electron chi connectivity index (χ2n) is 4.60. The van der Waals surface area contributed by atoms with Crippen LogP contribution in [0, 0.1) is 0 Å². The van der Waals surface area contributed by atoms with Crippen LogP contribution in [0.4, 0.5) is 5.69 Å². The third-order valence-electron chi connectivity index (χ3n) is 3.08. The van der Waals surface area contributed by atoms with E-state index in [0.717, 1.165) is 17.9 Å². The zero-order chi connectivity index (χ0) is 14.3. The lowest BCUT2D eigenvalue weighted by atomic mass is 9.99. The number of ether oxygens (including phenoxy) is 2. The van der Waals surface area contributed by atoms with E-state index in [-0.39, 0.29) is 5.91 Å². The van der Waals surface area contributed by atoms with E-state index in [9.17, 15) is 4.79 Å². The number of rotatable bonds is 7. The molecule has 0 bridgehead atoms. The molecule has 1 N–H and O–H groups in total. The molecular formula is C15H23NO3. The van der Waals surface area contributed by atoms with E-state index < -0.39 is 5.60 Å². The Bertz CT molecular complexity index is 402. The van der Waals surface area contributed by atoms with Gasteiger partial charge in [-0.2, -0.15) is 0 Å². The molecule has 1 unspecified atom stereocenters. The molecule has 0 saturated heterocycles. The Kier molecular flexibility index (Phi) is 5.83. The van der Waals surface area contributed by atoms with Crippen LogP contribution >= 0.6 is 0 Å². The van der Waals surface area contributed by atoms with E-state index in [1.165, 1.54) is 0 Å². The molecule has 106 valence electrons. The van der Waals surface area contributed by atoms with Crippen molar-refractivity contribution in [3.63, 3.8) is 0 Å². The summed E-state index contributed by atoms with van der Waals surface area (Å²) in [6, 6.07) is 7.32. The topological polar surface area (TPSA) is 47.6 Å². The van der Waals surface area contributed by atoms with Gasteiger partial charge in [-0.1, -0.05) is 13.3 Å². The maximum Gasteiger partial charge on any atom is 0.256 e. The van der Waals surface area contributed by atoms with Gasteiger partial charge in [0, 0.05) is 12.8 Å². The predicted octanol–water partition coefficient (Wildman–Crippen LogP) is 3.23. The number of anilines is 1. The first-order valence-electron chi connectivity index (χ1n) is 6.65. The number of amides is 1. The van der Waals surface area contributed by atoms with Gasteiger partial charge in [0.25, 0.3) is 5.91 Å². The van der Waals surface area contributed by atoms with Gasteiger partial charge in [0.15, 0.2) is 0 Å². The molecule has 0 aliphatic heterocycles. The molecule has 0 aliphatic carbocycles.